The molecule has 0 radical (unpaired) electrons. The van der Waals surface area contributed by atoms with E-state index in [1.165, 1.54) is 0 Å². The van der Waals surface area contributed by atoms with E-state index in [2.05, 4.69) is 0 Å². The molecule has 19 heavy (non-hydrogen) atoms. The van der Waals surface area contributed by atoms with Crippen molar-refractivity contribution in [2.45, 2.75) is 32.2 Å². The Morgan fingerprint density at radius 3 is 2.42 bits per heavy atom. The van der Waals surface area contributed by atoms with Crippen LogP contribution in [-0.2, 0) is 19.2 Å². The minimum absolute atomic E-state index is 0.0916. The predicted molar refractivity (Wildman–Crippen MR) is 63.6 cm³/mol. The molecule has 0 aromatic carbocycles. The van der Waals surface area contributed by atoms with Crippen LogP contribution in [0.3, 0.4) is 0 Å². The summed E-state index contributed by atoms with van der Waals surface area (Å²) in [6.45, 7) is 2.23. The van der Waals surface area contributed by atoms with E-state index in [1.807, 2.05) is 6.92 Å². The van der Waals surface area contributed by atoms with E-state index in [9.17, 15) is 19.2 Å². The molecule has 1 spiro atoms. The number of nitrogens with zero attached hydrogens (tertiary/aromatic N) is 1. The highest BCUT2D eigenvalue weighted by Gasteiger charge is 2.78. The molecule has 2 aliphatic carbocycles. The number of rotatable bonds is 3. The summed E-state index contributed by atoms with van der Waals surface area (Å²) in [5, 5.41) is 0. The maximum atomic E-state index is 12.3. The predicted octanol–water partition coefficient (Wildman–Crippen LogP) is -0.743. The molecule has 0 aromatic rings. The molecule has 3 rings (SSSR count). The summed E-state index contributed by atoms with van der Waals surface area (Å²) in [6, 6.07) is -0.832. The Hall–Kier alpha value is -1.56. The summed E-state index contributed by atoms with van der Waals surface area (Å²) in [5.41, 5.74) is 4.88. The number of imide groups is 1. The molecular formula is C13H16N2O4. The number of nitrogens with two attached hydrogens (primary N) is 1. The van der Waals surface area contributed by atoms with E-state index in [1.54, 1.807) is 0 Å². The van der Waals surface area contributed by atoms with Gasteiger partial charge in [0, 0.05) is 18.4 Å². The van der Waals surface area contributed by atoms with Gasteiger partial charge in [0.2, 0.25) is 11.8 Å². The molecule has 4 atom stereocenters. The van der Waals surface area contributed by atoms with Crippen molar-refractivity contribution in [3.63, 3.8) is 0 Å². The van der Waals surface area contributed by atoms with E-state index in [-0.39, 0.29) is 24.5 Å². The molecule has 3 aliphatic rings. The smallest absolute Gasteiger partial charge is 0.240 e. The first kappa shape index (κ1) is 12.5. The lowest BCUT2D eigenvalue weighted by Gasteiger charge is -2.63. The fraction of sp³-hybridized carbons (Fsp3) is 0.692. The molecule has 3 unspecified atom stereocenters. The summed E-state index contributed by atoms with van der Waals surface area (Å²) < 4.78 is 0. The van der Waals surface area contributed by atoms with Crippen LogP contribution in [0, 0.1) is 17.3 Å². The van der Waals surface area contributed by atoms with Crippen LogP contribution < -0.4 is 5.73 Å². The minimum atomic E-state index is -0.884. The van der Waals surface area contributed by atoms with Gasteiger partial charge in [-0.1, -0.05) is 13.3 Å². The van der Waals surface area contributed by atoms with Crippen LogP contribution in [0.5, 0.6) is 0 Å². The summed E-state index contributed by atoms with van der Waals surface area (Å²) in [7, 11) is 0. The average molecular weight is 264 g/mol. The number of unbranched alkanes of at least 4 members (excludes halogenated alkanes) is 1. The molecule has 6 heteroatoms. The number of carbonyl (C=O) groups is 4. The molecule has 1 heterocycles. The third-order valence-corrected chi connectivity index (χ3v) is 4.81. The lowest BCUT2D eigenvalue weighted by atomic mass is 9.39. The van der Waals surface area contributed by atoms with Gasteiger partial charge in [-0.2, -0.15) is 0 Å². The van der Waals surface area contributed by atoms with Crippen molar-refractivity contribution in [2.75, 3.05) is 6.54 Å². The maximum absolute atomic E-state index is 12.3. The zero-order chi connectivity index (χ0) is 13.9. The van der Waals surface area contributed by atoms with Crippen LogP contribution in [0.15, 0.2) is 0 Å². The third kappa shape index (κ3) is 1.20. The quantitative estimate of drug-likeness (QED) is 0.534. The monoisotopic (exact) mass is 264 g/mol. The second kappa shape index (κ2) is 3.72. The minimum Gasteiger partial charge on any atom is -0.321 e. The van der Waals surface area contributed by atoms with Crippen molar-refractivity contribution in [3.8, 4) is 0 Å². The molecule has 2 amide bonds. The van der Waals surface area contributed by atoms with Gasteiger partial charge in [0.15, 0.2) is 5.78 Å². The van der Waals surface area contributed by atoms with Crippen LogP contribution in [0.4, 0.5) is 0 Å². The normalized spacial score (nSPS) is 40.5. The Kier molecular flexibility index (Phi) is 2.44. The number of carbonyl (C=O) groups excluding carboxylic acids is 4. The fourth-order valence-electron chi connectivity index (χ4n) is 3.70. The second-order valence-corrected chi connectivity index (χ2v) is 5.68. The lowest BCUT2D eigenvalue weighted by Crippen LogP contribution is -2.83. The third-order valence-electron chi connectivity index (χ3n) is 4.81. The highest BCUT2D eigenvalue weighted by Crippen LogP contribution is 2.62. The number of piperidine rings is 1. The number of Topliss-reactive ketones (excluding diaryl/α,β-unsaturated/α-hetero) is 2. The SMILES string of the molecule is CCCCN1C(=O)C2C(=O)C(N)C23CC(=O)[C@@H]3C1=O. The van der Waals surface area contributed by atoms with Gasteiger partial charge in [-0.25, -0.2) is 0 Å². The molecule has 0 bridgehead atoms. The zero-order valence-corrected chi connectivity index (χ0v) is 10.7. The summed E-state index contributed by atoms with van der Waals surface area (Å²) in [5.74, 6) is -3.13. The molecular weight excluding hydrogens is 248 g/mol. The van der Waals surface area contributed by atoms with E-state index >= 15 is 0 Å². The van der Waals surface area contributed by atoms with E-state index in [0.29, 0.717) is 6.42 Å². The van der Waals surface area contributed by atoms with Crippen molar-refractivity contribution in [2.24, 2.45) is 23.0 Å². The number of hydrogen-bond donors (Lipinski definition) is 1. The van der Waals surface area contributed by atoms with E-state index in [0.717, 1.165) is 11.3 Å². The van der Waals surface area contributed by atoms with Crippen molar-refractivity contribution < 1.29 is 19.2 Å². The molecule has 2 saturated carbocycles. The van der Waals surface area contributed by atoms with Crippen molar-refractivity contribution >= 4 is 23.4 Å². The molecule has 102 valence electrons. The molecule has 2 N–H and O–H groups in total. The van der Waals surface area contributed by atoms with Gasteiger partial charge in [-0.15, -0.1) is 0 Å². The van der Waals surface area contributed by atoms with Gasteiger partial charge in [0.25, 0.3) is 0 Å². The first-order valence-electron chi connectivity index (χ1n) is 6.64. The number of hydrogen-bond acceptors (Lipinski definition) is 5. The van der Waals surface area contributed by atoms with Gasteiger partial charge in [0.05, 0.1) is 6.04 Å². The summed E-state index contributed by atoms with van der Waals surface area (Å²) in [4.78, 5) is 49.2. The molecule has 1 saturated heterocycles. The number of ketones is 2. The van der Waals surface area contributed by atoms with Crippen LogP contribution in [0.25, 0.3) is 0 Å². The summed E-state index contributed by atoms with van der Waals surface area (Å²) >= 11 is 0. The van der Waals surface area contributed by atoms with Gasteiger partial charge in [-0.3, -0.25) is 24.1 Å². The fourth-order valence-corrected chi connectivity index (χ4v) is 3.70. The Bertz CT molecular complexity index is 495. The zero-order valence-electron chi connectivity index (χ0n) is 10.7. The van der Waals surface area contributed by atoms with E-state index in [4.69, 9.17) is 5.73 Å². The van der Waals surface area contributed by atoms with Crippen molar-refractivity contribution in [3.05, 3.63) is 0 Å². The van der Waals surface area contributed by atoms with Crippen LogP contribution >= 0.6 is 0 Å². The second-order valence-electron chi connectivity index (χ2n) is 5.68. The molecule has 1 aliphatic heterocycles. The van der Waals surface area contributed by atoms with Gasteiger partial charge in [0.1, 0.15) is 17.6 Å². The highest BCUT2D eigenvalue weighted by molar-refractivity contribution is 6.25. The number of likely N-dealkylation sites (tertiary alicyclic amines) is 1. The van der Waals surface area contributed by atoms with E-state index < -0.39 is 35.1 Å². The molecule has 0 aromatic heterocycles. The maximum Gasteiger partial charge on any atom is 0.240 e. The van der Waals surface area contributed by atoms with Gasteiger partial charge >= 0.3 is 0 Å². The Balaban J connectivity index is 1.95. The van der Waals surface area contributed by atoms with Crippen molar-refractivity contribution in [1.29, 1.82) is 0 Å². The first-order chi connectivity index (χ1) is 8.96. The average Bonchev–Trinajstić information content (AvgIpc) is 2.36. The highest BCUT2D eigenvalue weighted by atomic mass is 16.2. The first-order valence-corrected chi connectivity index (χ1v) is 6.64. The molecule has 6 nitrogen and oxygen atoms in total. The largest absolute Gasteiger partial charge is 0.321 e. The van der Waals surface area contributed by atoms with Crippen LogP contribution in [0.2, 0.25) is 0 Å². The van der Waals surface area contributed by atoms with Crippen molar-refractivity contribution in [1.82, 2.24) is 4.90 Å². The van der Waals surface area contributed by atoms with Crippen LogP contribution in [0.1, 0.15) is 26.2 Å². The Morgan fingerprint density at radius 2 is 1.84 bits per heavy atom. The van der Waals surface area contributed by atoms with Crippen LogP contribution in [-0.4, -0.2) is 40.9 Å². The Labute approximate surface area is 110 Å². The number of amides is 2. The van der Waals surface area contributed by atoms with Gasteiger partial charge in [-0.05, 0) is 6.42 Å². The van der Waals surface area contributed by atoms with Gasteiger partial charge < -0.3 is 5.73 Å². The summed E-state index contributed by atoms with van der Waals surface area (Å²) in [6.07, 6.45) is 1.60. The standard InChI is InChI=1S/C13H16N2O4/c1-2-3-4-15-11(18)7-6(16)5-13(7)8(12(15)19)9(17)10(13)14/h7-8,10H,2-5,14H2,1H3/t7-,8?,10?,13?/m1/s1. The lowest BCUT2D eigenvalue weighted by molar-refractivity contribution is -0.199. The molecule has 3 fully saturated rings. The Morgan fingerprint density at radius 1 is 1.21 bits per heavy atom. The topological polar surface area (TPSA) is 97.5 Å².